The van der Waals surface area contributed by atoms with Crippen molar-refractivity contribution in [2.24, 2.45) is 0 Å². The summed E-state index contributed by atoms with van der Waals surface area (Å²) in [4.78, 5) is 27.0. The van der Waals surface area contributed by atoms with Crippen molar-refractivity contribution >= 4 is 18.4 Å². The van der Waals surface area contributed by atoms with Gasteiger partial charge in [-0.05, 0) is 70.7 Å². The number of carbonyl (C=O) groups is 2. The number of hydrogen-bond acceptors (Lipinski definition) is 5. The van der Waals surface area contributed by atoms with Crippen molar-refractivity contribution in [3.8, 4) is 0 Å². The summed E-state index contributed by atoms with van der Waals surface area (Å²) in [7, 11) is -4.49. The molecule has 6 heteroatoms. The topological polar surface area (TPSA) is 80.7 Å². The van der Waals surface area contributed by atoms with Crippen LogP contribution in [0.5, 0.6) is 0 Å². The Kier molecular flexibility index (Phi) is 7.00. The largest absolute Gasteiger partial charge is 0.394 e. The first kappa shape index (κ1) is 23.2. The van der Waals surface area contributed by atoms with Gasteiger partial charge in [0.05, 0.1) is 12.7 Å². The maximum atomic E-state index is 13.9. The van der Waals surface area contributed by atoms with E-state index < -0.39 is 31.1 Å². The summed E-state index contributed by atoms with van der Waals surface area (Å²) in [5, 5.41) is 9.43. The number of benzene rings is 2. The monoisotopic (exact) mass is 416 g/mol. The minimum Gasteiger partial charge on any atom is -0.394 e. The molecule has 0 aromatic heterocycles. The summed E-state index contributed by atoms with van der Waals surface area (Å²) in [6, 6.07) is 7.25. The molecule has 0 saturated heterocycles. The molecule has 0 fully saturated rings. The molecule has 1 atom stereocenters. The molecule has 0 radical (unpaired) electrons. The van der Waals surface area contributed by atoms with Crippen molar-refractivity contribution in [3.63, 3.8) is 0 Å². The van der Waals surface area contributed by atoms with Crippen LogP contribution in [0.3, 0.4) is 0 Å². The average molecular weight is 416 g/mol. The molecule has 0 unspecified atom stereocenters. The highest BCUT2D eigenvalue weighted by Gasteiger charge is 2.45. The first-order valence-corrected chi connectivity index (χ1v) is 11.2. The van der Waals surface area contributed by atoms with Gasteiger partial charge in [-0.2, -0.15) is 0 Å². The van der Waals surface area contributed by atoms with Crippen LogP contribution in [0.15, 0.2) is 24.3 Å². The zero-order valence-corrected chi connectivity index (χ0v) is 19.0. The normalized spacial score (nSPS) is 12.7. The first-order valence-electron chi connectivity index (χ1n) is 9.57. The molecule has 0 aliphatic carbocycles. The Morgan fingerprint density at radius 1 is 0.828 bits per heavy atom. The molecule has 2 aromatic rings. The highest BCUT2D eigenvalue weighted by Crippen LogP contribution is 2.55. The lowest BCUT2D eigenvalue weighted by atomic mass is 10.0. The minimum atomic E-state index is -4.49. The van der Waals surface area contributed by atoms with Gasteiger partial charge in [0.2, 0.25) is 0 Å². The lowest BCUT2D eigenvalue weighted by Gasteiger charge is -2.23. The van der Waals surface area contributed by atoms with E-state index >= 15 is 0 Å². The standard InChI is InChI=1S/C23H29O5P/c1-13-8-15(3)20(16(4)9-13)22(25)29(27,28-19(7)12-24)23(26)21-17(5)10-14(2)11-18(21)6/h8-11,19,24H,12H2,1-7H3/t19-/m0/s1. The number of aliphatic hydroxyl groups is 1. The van der Waals surface area contributed by atoms with Gasteiger partial charge < -0.3 is 9.63 Å². The van der Waals surface area contributed by atoms with Crippen LogP contribution in [0.2, 0.25) is 0 Å². The summed E-state index contributed by atoms with van der Waals surface area (Å²) in [5.74, 6) is 0. The van der Waals surface area contributed by atoms with E-state index in [1.165, 1.54) is 6.92 Å². The van der Waals surface area contributed by atoms with Crippen LogP contribution in [-0.4, -0.2) is 28.9 Å². The molecule has 0 aliphatic rings. The van der Waals surface area contributed by atoms with E-state index in [9.17, 15) is 19.3 Å². The van der Waals surface area contributed by atoms with Crippen molar-refractivity contribution in [1.29, 1.82) is 0 Å². The second-order valence-corrected chi connectivity index (χ2v) is 9.93. The van der Waals surface area contributed by atoms with E-state index in [0.717, 1.165) is 11.1 Å². The zero-order chi connectivity index (χ0) is 22.1. The summed E-state index contributed by atoms with van der Waals surface area (Å²) in [6.45, 7) is 11.8. The predicted octanol–water partition coefficient (Wildman–Crippen LogP) is 5.19. The Morgan fingerprint density at radius 3 is 1.41 bits per heavy atom. The smallest absolute Gasteiger partial charge is 0.340 e. The van der Waals surface area contributed by atoms with Crippen molar-refractivity contribution in [1.82, 2.24) is 0 Å². The fraction of sp³-hybridized carbons (Fsp3) is 0.391. The van der Waals surface area contributed by atoms with Crippen molar-refractivity contribution in [2.45, 2.75) is 54.6 Å². The maximum Gasteiger partial charge on any atom is 0.340 e. The van der Waals surface area contributed by atoms with E-state index in [4.69, 9.17) is 4.52 Å². The number of hydrogen-bond donors (Lipinski definition) is 1. The molecule has 0 saturated carbocycles. The molecular formula is C23H29O5P. The van der Waals surface area contributed by atoms with Gasteiger partial charge in [-0.1, -0.05) is 35.4 Å². The van der Waals surface area contributed by atoms with Crippen LogP contribution in [-0.2, 0) is 9.09 Å². The van der Waals surface area contributed by atoms with Gasteiger partial charge >= 0.3 is 7.37 Å². The number of rotatable bonds is 7. The summed E-state index contributed by atoms with van der Waals surface area (Å²) in [6.07, 6.45) is -0.925. The molecule has 0 amide bonds. The molecule has 2 rings (SSSR count). The van der Waals surface area contributed by atoms with E-state index in [1.807, 2.05) is 38.1 Å². The van der Waals surface area contributed by atoms with Gasteiger partial charge in [-0.15, -0.1) is 0 Å². The number of aliphatic hydroxyl groups excluding tert-OH is 1. The Morgan fingerprint density at radius 2 is 1.14 bits per heavy atom. The summed E-state index contributed by atoms with van der Waals surface area (Å²) < 4.78 is 19.4. The quantitative estimate of drug-likeness (QED) is 0.628. The Hall–Kier alpha value is -2.07. The second kappa shape index (κ2) is 8.74. The molecular weight excluding hydrogens is 387 g/mol. The Balaban J connectivity index is 2.71. The molecule has 29 heavy (non-hydrogen) atoms. The van der Waals surface area contributed by atoms with Crippen LogP contribution in [0.1, 0.15) is 61.0 Å². The zero-order valence-electron chi connectivity index (χ0n) is 18.1. The average Bonchev–Trinajstić information content (AvgIpc) is 2.59. The van der Waals surface area contributed by atoms with Gasteiger partial charge in [0.25, 0.3) is 11.0 Å². The number of carbonyl (C=O) groups excluding carboxylic acids is 2. The predicted molar refractivity (Wildman–Crippen MR) is 115 cm³/mol. The van der Waals surface area contributed by atoms with E-state index in [1.54, 1.807) is 27.7 Å². The summed E-state index contributed by atoms with van der Waals surface area (Å²) >= 11 is 0. The van der Waals surface area contributed by atoms with Gasteiger partial charge in [-0.3, -0.25) is 14.2 Å². The highest BCUT2D eigenvalue weighted by atomic mass is 31.2. The second-order valence-electron chi connectivity index (χ2n) is 7.81. The lowest BCUT2D eigenvalue weighted by Crippen LogP contribution is -2.22. The molecule has 1 N–H and O–H groups in total. The molecule has 156 valence electrons. The van der Waals surface area contributed by atoms with Gasteiger partial charge in [0, 0.05) is 11.1 Å². The highest BCUT2D eigenvalue weighted by molar-refractivity contribution is 7.91. The molecule has 0 heterocycles. The van der Waals surface area contributed by atoms with Crippen molar-refractivity contribution < 1.29 is 23.8 Å². The molecule has 5 nitrogen and oxygen atoms in total. The van der Waals surface area contributed by atoms with Gasteiger partial charge in [-0.25, -0.2) is 0 Å². The molecule has 0 spiro atoms. The van der Waals surface area contributed by atoms with Gasteiger partial charge in [0.1, 0.15) is 0 Å². The Bertz CT molecular complexity index is 902. The molecule has 0 bridgehead atoms. The molecule has 2 aromatic carbocycles. The lowest BCUT2D eigenvalue weighted by molar-refractivity contribution is 0.0918. The van der Waals surface area contributed by atoms with Crippen molar-refractivity contribution in [3.05, 3.63) is 68.8 Å². The van der Waals surface area contributed by atoms with Gasteiger partial charge in [0.15, 0.2) is 0 Å². The van der Waals surface area contributed by atoms with Crippen LogP contribution in [0.4, 0.5) is 0 Å². The van der Waals surface area contributed by atoms with Crippen LogP contribution >= 0.6 is 7.37 Å². The van der Waals surface area contributed by atoms with Crippen LogP contribution in [0.25, 0.3) is 0 Å². The first-order chi connectivity index (χ1) is 13.4. The minimum absolute atomic E-state index is 0.236. The fourth-order valence-corrected chi connectivity index (χ4v) is 6.05. The number of aryl methyl sites for hydroxylation is 6. The van der Waals surface area contributed by atoms with Crippen molar-refractivity contribution in [2.75, 3.05) is 6.61 Å². The molecule has 0 aliphatic heterocycles. The van der Waals surface area contributed by atoms with Crippen LogP contribution in [0, 0.1) is 41.5 Å². The fourth-order valence-electron chi connectivity index (χ4n) is 3.80. The van der Waals surface area contributed by atoms with E-state index in [2.05, 4.69) is 0 Å². The maximum absolute atomic E-state index is 13.9. The van der Waals surface area contributed by atoms with E-state index in [-0.39, 0.29) is 11.1 Å². The van der Waals surface area contributed by atoms with E-state index in [0.29, 0.717) is 22.3 Å². The third kappa shape index (κ3) is 4.58. The third-order valence-corrected chi connectivity index (χ3v) is 7.08. The van der Waals surface area contributed by atoms with Crippen LogP contribution < -0.4 is 0 Å². The Labute approximate surface area is 172 Å². The summed E-state index contributed by atoms with van der Waals surface area (Å²) in [5.41, 5.74) is 3.31. The SMILES string of the molecule is Cc1cc(C)c(C(=O)P(=O)(O[C@@H](C)CO)C(=O)c2c(C)cc(C)cc2C)c(C)c1. The third-order valence-electron chi connectivity index (χ3n) is 4.90.